The monoisotopic (exact) mass is 426 g/mol. The number of benzene rings is 2. The maximum absolute atomic E-state index is 13.1. The molecule has 31 heavy (non-hydrogen) atoms. The lowest BCUT2D eigenvalue weighted by Gasteiger charge is -2.21. The number of carbonyl (C=O) groups is 2. The van der Waals surface area contributed by atoms with E-state index in [0.29, 0.717) is 43.3 Å². The third-order valence-electron chi connectivity index (χ3n) is 5.69. The number of rotatable bonds is 8. The van der Waals surface area contributed by atoms with E-state index in [-0.39, 0.29) is 17.7 Å². The van der Waals surface area contributed by atoms with E-state index in [4.69, 9.17) is 14.2 Å². The Kier molecular flexibility index (Phi) is 7.52. The van der Waals surface area contributed by atoms with Gasteiger partial charge in [-0.15, -0.1) is 0 Å². The molecule has 166 valence electrons. The van der Waals surface area contributed by atoms with Crippen molar-refractivity contribution < 1.29 is 23.8 Å². The molecule has 7 nitrogen and oxygen atoms in total. The summed E-state index contributed by atoms with van der Waals surface area (Å²) in [4.78, 5) is 27.9. The number of likely N-dealkylation sites (tertiary alicyclic amines) is 1. The summed E-state index contributed by atoms with van der Waals surface area (Å²) >= 11 is 0. The van der Waals surface area contributed by atoms with Gasteiger partial charge in [0.1, 0.15) is 11.5 Å². The van der Waals surface area contributed by atoms with E-state index >= 15 is 0 Å². The van der Waals surface area contributed by atoms with Gasteiger partial charge in [-0.2, -0.15) is 0 Å². The van der Waals surface area contributed by atoms with Gasteiger partial charge in [-0.05, 0) is 25.1 Å². The van der Waals surface area contributed by atoms with Crippen LogP contribution in [0, 0.1) is 12.8 Å². The molecule has 1 aliphatic rings. The number of ether oxygens (including phenoxy) is 3. The predicted molar refractivity (Wildman–Crippen MR) is 118 cm³/mol. The van der Waals surface area contributed by atoms with Gasteiger partial charge in [0.05, 0.1) is 26.7 Å². The molecule has 2 atom stereocenters. The fourth-order valence-electron chi connectivity index (χ4n) is 3.96. The highest BCUT2D eigenvalue weighted by Crippen LogP contribution is 2.39. The summed E-state index contributed by atoms with van der Waals surface area (Å²) in [6.45, 7) is 3.60. The molecule has 1 saturated heterocycles. The molecule has 1 heterocycles. The van der Waals surface area contributed by atoms with Crippen molar-refractivity contribution in [3.05, 3.63) is 59.2 Å². The lowest BCUT2D eigenvalue weighted by Crippen LogP contribution is -2.37. The number of methoxy groups -OCH3 is 3. The van der Waals surface area contributed by atoms with E-state index < -0.39 is 5.92 Å². The Morgan fingerprint density at radius 1 is 1.03 bits per heavy atom. The van der Waals surface area contributed by atoms with Crippen molar-refractivity contribution in [1.29, 1.82) is 0 Å². The summed E-state index contributed by atoms with van der Waals surface area (Å²) in [7, 11) is 4.78. The first-order chi connectivity index (χ1) is 15.0. The highest BCUT2D eigenvalue weighted by molar-refractivity contribution is 5.95. The molecule has 2 aromatic carbocycles. The first kappa shape index (κ1) is 22.6. The van der Waals surface area contributed by atoms with Gasteiger partial charge in [0.15, 0.2) is 0 Å². The Hall–Kier alpha value is -3.06. The van der Waals surface area contributed by atoms with Crippen molar-refractivity contribution >= 4 is 11.8 Å². The second-order valence-corrected chi connectivity index (χ2v) is 7.68. The molecule has 0 saturated carbocycles. The summed E-state index contributed by atoms with van der Waals surface area (Å²) in [6, 6.07) is 13.1. The molecule has 1 fully saturated rings. The lowest BCUT2D eigenvalue weighted by molar-refractivity contribution is -0.125. The topological polar surface area (TPSA) is 77.1 Å². The fourth-order valence-corrected chi connectivity index (χ4v) is 3.96. The van der Waals surface area contributed by atoms with Gasteiger partial charge in [-0.1, -0.05) is 23.8 Å². The number of nitrogens with one attached hydrogen (secondary N) is 1. The van der Waals surface area contributed by atoms with Crippen LogP contribution < -0.4 is 14.8 Å². The molecule has 2 amide bonds. The third kappa shape index (κ3) is 5.17. The Bertz CT molecular complexity index is 913. The molecule has 0 radical (unpaired) electrons. The van der Waals surface area contributed by atoms with Gasteiger partial charge in [-0.25, -0.2) is 0 Å². The zero-order chi connectivity index (χ0) is 22.4. The average molecular weight is 427 g/mol. The van der Waals surface area contributed by atoms with E-state index in [2.05, 4.69) is 5.32 Å². The minimum Gasteiger partial charge on any atom is -0.497 e. The molecule has 3 rings (SSSR count). The van der Waals surface area contributed by atoms with Crippen LogP contribution in [0.1, 0.15) is 27.4 Å². The normalized spacial score (nSPS) is 18.0. The highest BCUT2D eigenvalue weighted by Gasteiger charge is 2.41. The molecule has 2 unspecified atom stereocenters. The maximum atomic E-state index is 13.1. The van der Waals surface area contributed by atoms with Crippen molar-refractivity contribution in [3.63, 3.8) is 0 Å². The van der Waals surface area contributed by atoms with Crippen LogP contribution in [0.2, 0.25) is 0 Å². The number of amides is 2. The first-order valence-corrected chi connectivity index (χ1v) is 10.3. The van der Waals surface area contributed by atoms with Crippen LogP contribution in [-0.2, 0) is 9.53 Å². The zero-order valence-electron chi connectivity index (χ0n) is 18.5. The average Bonchev–Trinajstić information content (AvgIpc) is 3.24. The second kappa shape index (κ2) is 10.3. The van der Waals surface area contributed by atoms with Crippen molar-refractivity contribution in [2.24, 2.45) is 5.92 Å². The Balaban J connectivity index is 1.89. The van der Waals surface area contributed by atoms with Crippen molar-refractivity contribution in [3.8, 4) is 11.5 Å². The third-order valence-corrected chi connectivity index (χ3v) is 5.69. The molecule has 7 heteroatoms. The van der Waals surface area contributed by atoms with Gasteiger partial charge < -0.3 is 24.4 Å². The zero-order valence-corrected chi connectivity index (χ0v) is 18.5. The molecule has 2 aromatic rings. The van der Waals surface area contributed by atoms with Gasteiger partial charge in [0.2, 0.25) is 5.91 Å². The van der Waals surface area contributed by atoms with E-state index in [1.807, 2.05) is 43.3 Å². The van der Waals surface area contributed by atoms with Crippen LogP contribution in [0.5, 0.6) is 11.5 Å². The van der Waals surface area contributed by atoms with Gasteiger partial charge in [-0.3, -0.25) is 9.59 Å². The number of hydrogen-bond donors (Lipinski definition) is 1. The highest BCUT2D eigenvalue weighted by atomic mass is 16.5. The van der Waals surface area contributed by atoms with Gasteiger partial charge >= 0.3 is 0 Å². The Labute approximate surface area is 183 Å². The molecular weight excluding hydrogens is 396 g/mol. The SMILES string of the molecule is COCCNC(=O)C1CN(C(=O)c2ccc(C)cc2)CC1c1ccc(OC)cc1OC. The van der Waals surface area contributed by atoms with Crippen LogP contribution in [0.25, 0.3) is 0 Å². The minimum atomic E-state index is -0.395. The summed E-state index contributed by atoms with van der Waals surface area (Å²) in [5.74, 6) is 0.547. The van der Waals surface area contributed by atoms with Gasteiger partial charge in [0.25, 0.3) is 5.91 Å². The van der Waals surface area contributed by atoms with Crippen LogP contribution in [0.3, 0.4) is 0 Å². The predicted octanol–water partition coefficient (Wildman–Crippen LogP) is 2.63. The smallest absolute Gasteiger partial charge is 0.253 e. The van der Waals surface area contributed by atoms with E-state index in [1.165, 1.54) is 0 Å². The van der Waals surface area contributed by atoms with E-state index in [0.717, 1.165) is 11.1 Å². The number of aryl methyl sites for hydroxylation is 1. The largest absolute Gasteiger partial charge is 0.497 e. The van der Waals surface area contributed by atoms with Crippen LogP contribution >= 0.6 is 0 Å². The summed E-state index contributed by atoms with van der Waals surface area (Å²) in [6.07, 6.45) is 0. The van der Waals surface area contributed by atoms with Crippen LogP contribution in [0.4, 0.5) is 0 Å². The van der Waals surface area contributed by atoms with Crippen LogP contribution in [-0.4, -0.2) is 64.3 Å². The quantitative estimate of drug-likeness (QED) is 0.657. The lowest BCUT2D eigenvalue weighted by atomic mass is 9.87. The van der Waals surface area contributed by atoms with Gasteiger partial charge in [0, 0.05) is 49.9 Å². The number of carbonyl (C=O) groups excluding carboxylic acids is 2. The molecule has 0 aromatic heterocycles. The summed E-state index contributed by atoms with van der Waals surface area (Å²) in [5.41, 5.74) is 2.59. The molecule has 1 aliphatic heterocycles. The van der Waals surface area contributed by atoms with E-state index in [9.17, 15) is 9.59 Å². The molecular formula is C24H30N2O5. The molecule has 0 spiro atoms. The minimum absolute atomic E-state index is 0.0790. The van der Waals surface area contributed by atoms with Crippen molar-refractivity contribution in [1.82, 2.24) is 10.2 Å². The molecule has 1 N–H and O–H groups in total. The van der Waals surface area contributed by atoms with E-state index in [1.54, 1.807) is 32.3 Å². The van der Waals surface area contributed by atoms with Crippen LogP contribution in [0.15, 0.2) is 42.5 Å². The number of hydrogen-bond acceptors (Lipinski definition) is 5. The Morgan fingerprint density at radius 2 is 1.77 bits per heavy atom. The van der Waals surface area contributed by atoms with Crippen molar-refractivity contribution in [2.75, 3.05) is 47.6 Å². The first-order valence-electron chi connectivity index (χ1n) is 10.3. The molecule has 0 aliphatic carbocycles. The fraction of sp³-hybridized carbons (Fsp3) is 0.417. The Morgan fingerprint density at radius 3 is 2.42 bits per heavy atom. The number of nitrogens with zero attached hydrogens (tertiary/aromatic N) is 1. The van der Waals surface area contributed by atoms with Crippen molar-refractivity contribution in [2.45, 2.75) is 12.8 Å². The molecule has 0 bridgehead atoms. The summed E-state index contributed by atoms with van der Waals surface area (Å²) < 4.78 is 15.9. The standard InChI is InChI=1S/C24H30N2O5/c1-16-5-7-17(8-6-16)24(28)26-14-20(21(15-26)23(27)25-11-12-29-2)19-10-9-18(30-3)13-22(19)31-4/h5-10,13,20-21H,11-12,14-15H2,1-4H3,(H,25,27). The maximum Gasteiger partial charge on any atom is 0.253 e. The summed E-state index contributed by atoms with van der Waals surface area (Å²) in [5, 5.41) is 2.92. The second-order valence-electron chi connectivity index (χ2n) is 7.68.